The van der Waals surface area contributed by atoms with Gasteiger partial charge in [0.2, 0.25) is 0 Å². The summed E-state index contributed by atoms with van der Waals surface area (Å²) in [6.07, 6.45) is 0.776. The van der Waals surface area contributed by atoms with Crippen LogP contribution >= 0.6 is 7.60 Å². The number of rotatable bonds is 5. The Morgan fingerprint density at radius 3 is 2.75 bits per heavy atom. The molecule has 6 heteroatoms. The topological polar surface area (TPSA) is 72.8 Å². The van der Waals surface area contributed by atoms with E-state index in [1.54, 1.807) is 0 Å². The van der Waals surface area contributed by atoms with E-state index < -0.39 is 13.6 Å². The molecule has 0 amide bonds. The lowest BCUT2D eigenvalue weighted by Gasteiger charge is -2.07. The predicted molar refractivity (Wildman–Crippen MR) is 42.9 cm³/mol. The first-order chi connectivity index (χ1) is 5.52. The van der Waals surface area contributed by atoms with E-state index in [9.17, 15) is 9.36 Å². The van der Waals surface area contributed by atoms with Crippen LogP contribution in [0.15, 0.2) is 12.7 Å². The maximum absolute atomic E-state index is 10.8. The number of hydrogen-bond acceptors (Lipinski definition) is 4. The van der Waals surface area contributed by atoms with Crippen molar-refractivity contribution in [2.75, 3.05) is 19.9 Å². The Labute approximate surface area is 70.5 Å². The monoisotopic (exact) mass is 194 g/mol. The van der Waals surface area contributed by atoms with Crippen molar-refractivity contribution in [1.29, 1.82) is 0 Å². The molecule has 5 nitrogen and oxygen atoms in total. The molecule has 0 saturated heterocycles. The third kappa shape index (κ3) is 5.07. The lowest BCUT2D eigenvalue weighted by atomic mass is 10.6. The van der Waals surface area contributed by atoms with Gasteiger partial charge in [0.05, 0.1) is 6.16 Å². The van der Waals surface area contributed by atoms with E-state index in [4.69, 9.17) is 4.89 Å². The molecule has 0 saturated carbocycles. The summed E-state index contributed by atoms with van der Waals surface area (Å²) in [4.78, 5) is 19.3. The Balaban J connectivity index is 3.63. The highest BCUT2D eigenvalue weighted by molar-refractivity contribution is 7.52. The maximum atomic E-state index is 10.8. The van der Waals surface area contributed by atoms with E-state index in [2.05, 4.69) is 15.8 Å². The van der Waals surface area contributed by atoms with Crippen molar-refractivity contribution in [2.45, 2.75) is 0 Å². The van der Waals surface area contributed by atoms with Crippen LogP contribution in [0.2, 0.25) is 0 Å². The molecule has 0 heterocycles. The lowest BCUT2D eigenvalue weighted by molar-refractivity contribution is -0.137. The van der Waals surface area contributed by atoms with Crippen molar-refractivity contribution < 1.29 is 23.5 Å². The predicted octanol–water partition coefficient (Wildman–Crippen LogP) is 0.547. The van der Waals surface area contributed by atoms with Gasteiger partial charge in [0.1, 0.15) is 6.61 Å². The Kier molecular flexibility index (Phi) is 4.81. The van der Waals surface area contributed by atoms with E-state index in [0.717, 1.165) is 13.2 Å². The van der Waals surface area contributed by atoms with E-state index >= 15 is 0 Å². The summed E-state index contributed by atoms with van der Waals surface area (Å²) in [5.41, 5.74) is 0. The molecule has 0 bridgehead atoms. The van der Waals surface area contributed by atoms with E-state index in [0.29, 0.717) is 0 Å². The molecular formula is C6H11O5P. The van der Waals surface area contributed by atoms with Gasteiger partial charge in [-0.1, -0.05) is 6.58 Å². The van der Waals surface area contributed by atoms with Gasteiger partial charge >= 0.3 is 13.6 Å². The van der Waals surface area contributed by atoms with Gasteiger partial charge in [0.25, 0.3) is 0 Å². The van der Waals surface area contributed by atoms with Gasteiger partial charge in [0.15, 0.2) is 0 Å². The molecule has 1 N–H and O–H groups in total. The van der Waals surface area contributed by atoms with Crippen LogP contribution in [0, 0.1) is 0 Å². The van der Waals surface area contributed by atoms with Crippen molar-refractivity contribution in [3.8, 4) is 0 Å². The minimum atomic E-state index is -3.55. The van der Waals surface area contributed by atoms with Crippen LogP contribution in [0.5, 0.6) is 0 Å². The normalized spacial score (nSPS) is 14.8. The summed E-state index contributed by atoms with van der Waals surface area (Å²) < 4.78 is 19.5. The molecule has 0 aromatic carbocycles. The number of carbonyl (C=O) groups is 1. The first kappa shape index (κ1) is 11.4. The second-order valence-corrected chi connectivity index (χ2v) is 4.00. The fraction of sp³-hybridized carbons (Fsp3) is 0.500. The van der Waals surface area contributed by atoms with E-state index in [1.807, 2.05) is 0 Å². The van der Waals surface area contributed by atoms with Crippen LogP contribution in [0.1, 0.15) is 0 Å². The fourth-order valence-corrected chi connectivity index (χ4v) is 0.916. The average Bonchev–Trinajstić information content (AvgIpc) is 2.04. The van der Waals surface area contributed by atoms with Crippen LogP contribution in [0.3, 0.4) is 0 Å². The summed E-state index contributed by atoms with van der Waals surface area (Å²) in [5, 5.41) is 0. The smallest absolute Gasteiger partial charge is 0.331 e. The molecule has 0 aliphatic heterocycles. The SMILES string of the molecule is C=CC(=O)OCCP(=O)(O)OC. The van der Waals surface area contributed by atoms with Crippen molar-refractivity contribution in [3.05, 3.63) is 12.7 Å². The molecule has 70 valence electrons. The quantitative estimate of drug-likeness (QED) is 0.393. The second-order valence-electron chi connectivity index (χ2n) is 1.92. The van der Waals surface area contributed by atoms with Gasteiger partial charge in [-0.15, -0.1) is 0 Å². The minimum absolute atomic E-state index is 0.146. The molecule has 1 atom stereocenters. The second kappa shape index (κ2) is 5.09. The van der Waals surface area contributed by atoms with Gasteiger partial charge in [-0.2, -0.15) is 0 Å². The standard InChI is InChI=1S/C6H11O5P/c1-3-6(7)11-4-5-12(8,9)10-2/h3H,1,4-5H2,2H3,(H,8,9). The van der Waals surface area contributed by atoms with E-state index in [-0.39, 0.29) is 12.8 Å². The largest absolute Gasteiger partial charge is 0.462 e. The first-order valence-electron chi connectivity index (χ1n) is 3.18. The molecule has 0 rings (SSSR count). The Morgan fingerprint density at radius 1 is 1.75 bits per heavy atom. The van der Waals surface area contributed by atoms with Gasteiger partial charge in [-0.25, -0.2) is 4.79 Å². The van der Waals surface area contributed by atoms with Gasteiger partial charge in [-0.3, -0.25) is 4.57 Å². The van der Waals surface area contributed by atoms with E-state index in [1.165, 1.54) is 0 Å². The summed E-state index contributed by atoms with van der Waals surface area (Å²) >= 11 is 0. The van der Waals surface area contributed by atoms with Crippen molar-refractivity contribution in [1.82, 2.24) is 0 Å². The molecule has 0 aliphatic rings. The zero-order valence-corrected chi connectivity index (χ0v) is 7.62. The van der Waals surface area contributed by atoms with Crippen LogP contribution < -0.4 is 0 Å². The number of carbonyl (C=O) groups excluding carboxylic acids is 1. The van der Waals surface area contributed by atoms with Crippen molar-refractivity contribution in [2.24, 2.45) is 0 Å². The van der Waals surface area contributed by atoms with Crippen LogP contribution in [0.25, 0.3) is 0 Å². The highest BCUT2D eigenvalue weighted by Gasteiger charge is 2.16. The fourth-order valence-electron chi connectivity index (χ4n) is 0.412. The molecule has 0 aromatic heterocycles. The molecule has 0 radical (unpaired) electrons. The van der Waals surface area contributed by atoms with Crippen molar-refractivity contribution in [3.63, 3.8) is 0 Å². The highest BCUT2D eigenvalue weighted by Crippen LogP contribution is 2.39. The van der Waals surface area contributed by atoms with Gasteiger partial charge in [-0.05, 0) is 0 Å². The lowest BCUT2D eigenvalue weighted by Crippen LogP contribution is -2.06. The maximum Gasteiger partial charge on any atom is 0.331 e. The zero-order chi connectivity index (χ0) is 9.61. The van der Waals surface area contributed by atoms with Crippen LogP contribution in [-0.2, 0) is 18.6 Å². The summed E-state index contributed by atoms with van der Waals surface area (Å²) in [6.45, 7) is 3.01. The van der Waals surface area contributed by atoms with Crippen LogP contribution in [0.4, 0.5) is 0 Å². The van der Waals surface area contributed by atoms with Crippen molar-refractivity contribution >= 4 is 13.6 Å². The third-order valence-electron chi connectivity index (χ3n) is 1.07. The highest BCUT2D eigenvalue weighted by atomic mass is 31.2. The van der Waals surface area contributed by atoms with Gasteiger partial charge < -0.3 is 14.2 Å². The zero-order valence-electron chi connectivity index (χ0n) is 6.73. The molecule has 1 unspecified atom stereocenters. The Bertz CT molecular complexity index is 212. The molecule has 0 aromatic rings. The molecule has 0 fully saturated rings. The van der Waals surface area contributed by atoms with Crippen LogP contribution in [-0.4, -0.2) is 30.7 Å². The summed E-state index contributed by atoms with van der Waals surface area (Å²) in [6, 6.07) is 0. The summed E-state index contributed by atoms with van der Waals surface area (Å²) in [5.74, 6) is -0.619. The molecule has 12 heavy (non-hydrogen) atoms. The average molecular weight is 194 g/mol. The minimum Gasteiger partial charge on any atom is -0.462 e. The number of esters is 1. The molecule has 0 spiro atoms. The summed E-state index contributed by atoms with van der Waals surface area (Å²) in [7, 11) is -2.43. The molecule has 0 aliphatic carbocycles. The number of ether oxygens (including phenoxy) is 1. The Morgan fingerprint density at radius 2 is 2.33 bits per heavy atom. The molecular weight excluding hydrogens is 183 g/mol. The first-order valence-corrected chi connectivity index (χ1v) is 4.95. The number of hydrogen-bond donors (Lipinski definition) is 1. The van der Waals surface area contributed by atoms with Gasteiger partial charge in [0, 0.05) is 13.2 Å². The third-order valence-corrected chi connectivity index (χ3v) is 2.39. The Hall–Kier alpha value is -0.640.